The second-order valence-corrected chi connectivity index (χ2v) is 5.76. The van der Waals surface area contributed by atoms with E-state index in [1.165, 1.54) is 35.3 Å². The Bertz CT molecular complexity index is 980. The van der Waals surface area contributed by atoms with Crippen LogP contribution in [-0.2, 0) is 0 Å². The van der Waals surface area contributed by atoms with E-state index in [2.05, 4.69) is 37.2 Å². The van der Waals surface area contributed by atoms with Crippen molar-refractivity contribution >= 4 is 17.4 Å². The van der Waals surface area contributed by atoms with Gasteiger partial charge in [-0.1, -0.05) is 24.3 Å². The highest BCUT2D eigenvalue weighted by Crippen LogP contribution is 2.25. The quantitative estimate of drug-likeness (QED) is 0.329. The second-order valence-electron chi connectivity index (χ2n) is 5.58. The van der Waals surface area contributed by atoms with Crippen LogP contribution in [0.2, 0.25) is 0 Å². The van der Waals surface area contributed by atoms with Gasteiger partial charge >= 0.3 is 6.36 Å². The number of thiocarbonyl (C=S) groups is 1. The van der Waals surface area contributed by atoms with E-state index in [1.807, 2.05) is 0 Å². The van der Waals surface area contributed by atoms with E-state index in [4.69, 9.17) is 0 Å². The lowest BCUT2D eigenvalue weighted by Gasteiger charge is -2.09. The molecule has 3 rings (SSSR count). The maximum Gasteiger partial charge on any atom is 0.573 e. The molecule has 0 saturated carbocycles. The summed E-state index contributed by atoms with van der Waals surface area (Å²) in [5.41, 5.74) is 1.61. The summed E-state index contributed by atoms with van der Waals surface area (Å²) >= 11 is 4.42. The lowest BCUT2D eigenvalue weighted by molar-refractivity contribution is -0.274. The van der Waals surface area contributed by atoms with Gasteiger partial charge in [-0.2, -0.15) is 0 Å². The van der Waals surface area contributed by atoms with Crippen LogP contribution in [0.3, 0.4) is 0 Å². The number of nitrogens with zero attached hydrogens (tertiary/aromatic N) is 4. The summed E-state index contributed by atoms with van der Waals surface area (Å²) < 4.78 is 55.8. The van der Waals surface area contributed by atoms with E-state index in [0.29, 0.717) is 22.6 Å². The summed E-state index contributed by atoms with van der Waals surface area (Å²) in [6.07, 6.45) is -4.61. The summed E-state index contributed by atoms with van der Waals surface area (Å²) in [6.45, 7) is -0.0935. The molecule has 5 nitrogen and oxygen atoms in total. The molecule has 2 aromatic carbocycles. The monoisotopic (exact) mass is 408 g/mol. The van der Waals surface area contributed by atoms with Crippen LogP contribution in [0, 0.1) is 0 Å². The van der Waals surface area contributed by atoms with Gasteiger partial charge in [0.15, 0.2) is 5.82 Å². The summed E-state index contributed by atoms with van der Waals surface area (Å²) in [4.78, 5) is 7.76. The van der Waals surface area contributed by atoms with Gasteiger partial charge in [0.1, 0.15) is 18.2 Å². The normalized spacial score (nSPS) is 12.3. The first-order valence-corrected chi connectivity index (χ1v) is 8.32. The minimum atomic E-state index is -4.75. The van der Waals surface area contributed by atoms with Crippen LogP contribution >= 0.6 is 12.2 Å². The third kappa shape index (κ3) is 4.99. The largest absolute Gasteiger partial charge is 0.573 e. The van der Waals surface area contributed by atoms with Gasteiger partial charge in [0.05, 0.1) is 17.4 Å². The first kappa shape index (κ1) is 19.7. The third-order valence-electron chi connectivity index (χ3n) is 3.67. The van der Waals surface area contributed by atoms with E-state index in [0.717, 1.165) is 0 Å². The fraction of sp³-hybridized carbons (Fsp3) is 0.167. The average Bonchev–Trinajstić information content (AvgIpc) is 3.16. The molecule has 3 aromatic rings. The van der Waals surface area contributed by atoms with Crippen molar-refractivity contribution < 1.29 is 22.3 Å². The van der Waals surface area contributed by atoms with E-state index in [-0.39, 0.29) is 12.3 Å². The molecule has 0 aliphatic carbocycles. The van der Waals surface area contributed by atoms with Crippen molar-refractivity contribution in [1.29, 1.82) is 0 Å². The Morgan fingerprint density at radius 3 is 2.39 bits per heavy atom. The molecule has 0 N–H and O–H groups in total. The van der Waals surface area contributed by atoms with Crippen LogP contribution in [0.15, 0.2) is 59.9 Å². The smallest absolute Gasteiger partial charge is 0.406 e. The first-order valence-electron chi connectivity index (χ1n) is 7.91. The molecule has 0 bridgehead atoms. The van der Waals surface area contributed by atoms with Gasteiger partial charge in [-0.25, -0.2) is 19.0 Å². The van der Waals surface area contributed by atoms with Crippen LogP contribution in [-0.4, -0.2) is 32.8 Å². The zero-order valence-electron chi connectivity index (χ0n) is 14.1. The van der Waals surface area contributed by atoms with Gasteiger partial charge < -0.3 is 4.74 Å². The number of halogens is 4. The predicted molar refractivity (Wildman–Crippen MR) is 97.2 cm³/mol. The number of hydrogen-bond acceptors (Lipinski definition) is 5. The molecule has 0 amide bonds. The van der Waals surface area contributed by atoms with Crippen LogP contribution in [0.1, 0.15) is 11.7 Å². The number of isothiocyanates is 1. The fourth-order valence-corrected chi connectivity index (χ4v) is 2.46. The first-order chi connectivity index (χ1) is 13.4. The molecule has 0 fully saturated rings. The summed E-state index contributed by atoms with van der Waals surface area (Å²) in [5.74, 6) is 0.0559. The summed E-state index contributed by atoms with van der Waals surface area (Å²) in [7, 11) is 0. The van der Waals surface area contributed by atoms with Crippen molar-refractivity contribution in [3.05, 3.63) is 60.4 Å². The van der Waals surface area contributed by atoms with Crippen molar-refractivity contribution in [2.75, 3.05) is 6.54 Å². The zero-order chi connectivity index (χ0) is 20.1. The van der Waals surface area contributed by atoms with E-state index in [1.54, 1.807) is 24.3 Å². The minimum absolute atomic E-state index is 0.0935. The van der Waals surface area contributed by atoms with Crippen LogP contribution in [0.4, 0.5) is 17.6 Å². The molecule has 0 aliphatic heterocycles. The second kappa shape index (κ2) is 8.28. The Labute approximate surface area is 162 Å². The van der Waals surface area contributed by atoms with Crippen LogP contribution in [0.25, 0.3) is 17.1 Å². The van der Waals surface area contributed by atoms with Crippen molar-refractivity contribution in [1.82, 2.24) is 14.8 Å². The molecule has 0 aliphatic rings. The van der Waals surface area contributed by atoms with E-state index in [9.17, 15) is 17.6 Å². The standard InChI is InChI=1S/C18H12F4N4OS/c19-16(9-23-11-28)12-1-3-13(4-2-12)17-24-10-26(25-17)14-5-7-15(8-6-14)27-18(20,21)22/h1-8,10,16H,9H2. The van der Waals surface area contributed by atoms with Crippen LogP contribution in [0.5, 0.6) is 5.75 Å². The topological polar surface area (TPSA) is 52.3 Å². The molecule has 0 saturated heterocycles. The van der Waals surface area contributed by atoms with Crippen molar-refractivity contribution in [2.24, 2.45) is 4.99 Å². The molecule has 1 heterocycles. The maximum absolute atomic E-state index is 13.9. The van der Waals surface area contributed by atoms with Crippen LogP contribution < -0.4 is 4.74 Å². The number of rotatable bonds is 6. The van der Waals surface area contributed by atoms with Gasteiger partial charge in [0, 0.05) is 5.56 Å². The number of alkyl halides is 4. The predicted octanol–water partition coefficient (Wildman–Crippen LogP) is 4.95. The van der Waals surface area contributed by atoms with Gasteiger partial charge in [0.2, 0.25) is 0 Å². The molecule has 1 atom stereocenters. The lowest BCUT2D eigenvalue weighted by atomic mass is 10.1. The van der Waals surface area contributed by atoms with Crippen molar-refractivity contribution in [3.63, 3.8) is 0 Å². The fourth-order valence-electron chi connectivity index (χ4n) is 2.38. The number of aliphatic imine (C=N–C) groups is 1. The molecule has 0 radical (unpaired) electrons. The molecule has 28 heavy (non-hydrogen) atoms. The Hall–Kier alpha value is -3.10. The summed E-state index contributed by atoms with van der Waals surface area (Å²) in [6, 6.07) is 11.8. The number of benzene rings is 2. The van der Waals surface area contributed by atoms with Gasteiger partial charge in [0.25, 0.3) is 0 Å². The SMILES string of the molecule is FC(CN=C=S)c1ccc(-c2ncn(-c3ccc(OC(F)(F)F)cc3)n2)cc1. The summed E-state index contributed by atoms with van der Waals surface area (Å²) in [5, 5.41) is 6.41. The maximum atomic E-state index is 13.9. The highest BCUT2D eigenvalue weighted by molar-refractivity contribution is 7.78. The Balaban J connectivity index is 1.74. The Morgan fingerprint density at radius 2 is 1.79 bits per heavy atom. The number of ether oxygens (including phenoxy) is 1. The molecule has 144 valence electrons. The van der Waals surface area contributed by atoms with Crippen molar-refractivity contribution in [3.8, 4) is 22.8 Å². The minimum Gasteiger partial charge on any atom is -0.406 e. The highest BCUT2D eigenvalue weighted by Gasteiger charge is 2.31. The van der Waals surface area contributed by atoms with Gasteiger partial charge in [-0.05, 0) is 42.0 Å². The molecular weight excluding hydrogens is 396 g/mol. The molecule has 1 aromatic heterocycles. The molecule has 0 spiro atoms. The lowest BCUT2D eigenvalue weighted by Crippen LogP contribution is -2.17. The molecule has 10 heteroatoms. The average molecular weight is 408 g/mol. The van der Waals surface area contributed by atoms with Gasteiger partial charge in [-0.3, -0.25) is 0 Å². The highest BCUT2D eigenvalue weighted by atomic mass is 32.1. The Kier molecular flexibility index (Phi) is 5.81. The third-order valence-corrected chi connectivity index (χ3v) is 3.80. The number of hydrogen-bond donors (Lipinski definition) is 0. The zero-order valence-corrected chi connectivity index (χ0v) is 14.9. The van der Waals surface area contributed by atoms with Gasteiger partial charge in [-0.15, -0.1) is 18.3 Å². The molecule has 1 unspecified atom stereocenters. The number of aromatic nitrogens is 3. The van der Waals surface area contributed by atoms with E-state index >= 15 is 0 Å². The Morgan fingerprint density at radius 1 is 1.11 bits per heavy atom. The van der Waals surface area contributed by atoms with Crippen molar-refractivity contribution in [2.45, 2.75) is 12.5 Å². The van der Waals surface area contributed by atoms with E-state index < -0.39 is 12.5 Å². The molecular formula is C18H12F4N4OS.